The van der Waals surface area contributed by atoms with E-state index in [2.05, 4.69) is 20.8 Å². The molecule has 0 bridgehead atoms. The Kier molecular flexibility index (Phi) is 4.77. The molecule has 0 aliphatic carbocycles. The highest BCUT2D eigenvalue weighted by Gasteiger charge is 2.44. The molecule has 1 aromatic rings. The van der Waals surface area contributed by atoms with Crippen molar-refractivity contribution >= 4 is 11.9 Å². The summed E-state index contributed by atoms with van der Waals surface area (Å²) in [4.78, 5) is 26.8. The fraction of sp³-hybridized carbons (Fsp3) is 0.636. The number of carbonyl (C=O) groups is 2. The van der Waals surface area contributed by atoms with Gasteiger partial charge in [0.1, 0.15) is 17.0 Å². The second kappa shape index (κ2) is 6.54. The van der Waals surface area contributed by atoms with Gasteiger partial charge in [-0.2, -0.15) is 0 Å². The molecule has 5 heteroatoms. The van der Waals surface area contributed by atoms with Crippen LogP contribution in [0.1, 0.15) is 76.7 Å². The van der Waals surface area contributed by atoms with E-state index in [1.165, 1.54) is 0 Å². The smallest absolute Gasteiger partial charge is 0.410 e. The standard InChI is InChI=1S/C22H31NO4/c1-20(2,3)15-7-8-18-16(13-15)17(24)14-22(26-18)9-11-23(12-10-22)19(25)27-21(4,5)6/h7-8,13H,9-12,14H2,1-6H3. The molecule has 27 heavy (non-hydrogen) atoms. The first kappa shape index (κ1) is 19.7. The molecular formula is C22H31NO4. The van der Waals surface area contributed by atoms with Gasteiger partial charge in [-0.25, -0.2) is 4.79 Å². The van der Waals surface area contributed by atoms with Crippen LogP contribution in [0.2, 0.25) is 0 Å². The Labute approximate surface area is 162 Å². The first-order chi connectivity index (χ1) is 12.4. The van der Waals surface area contributed by atoms with Crippen LogP contribution in [0.15, 0.2) is 18.2 Å². The summed E-state index contributed by atoms with van der Waals surface area (Å²) in [7, 11) is 0. The van der Waals surface area contributed by atoms with Crippen LogP contribution in [-0.2, 0) is 10.2 Å². The van der Waals surface area contributed by atoms with Gasteiger partial charge in [-0.3, -0.25) is 4.79 Å². The Hall–Kier alpha value is -2.04. The van der Waals surface area contributed by atoms with Gasteiger partial charge < -0.3 is 14.4 Å². The average Bonchev–Trinajstić information content (AvgIpc) is 2.52. The van der Waals surface area contributed by atoms with Crippen LogP contribution in [0.3, 0.4) is 0 Å². The van der Waals surface area contributed by atoms with E-state index in [-0.39, 0.29) is 17.3 Å². The van der Waals surface area contributed by atoms with E-state index in [1.54, 1.807) is 4.90 Å². The fourth-order valence-electron chi connectivity index (χ4n) is 3.66. The lowest BCUT2D eigenvalue weighted by Crippen LogP contribution is -2.53. The molecule has 2 heterocycles. The lowest BCUT2D eigenvalue weighted by atomic mass is 9.80. The second-order valence-electron chi connectivity index (χ2n) is 9.81. The molecule has 1 saturated heterocycles. The normalized spacial score (nSPS) is 19.5. The largest absolute Gasteiger partial charge is 0.486 e. The van der Waals surface area contributed by atoms with E-state index < -0.39 is 11.2 Å². The quantitative estimate of drug-likeness (QED) is 0.660. The lowest BCUT2D eigenvalue weighted by Gasteiger charge is -2.44. The number of hydrogen-bond donors (Lipinski definition) is 0. The molecule has 0 radical (unpaired) electrons. The number of carbonyl (C=O) groups excluding carboxylic acids is 2. The van der Waals surface area contributed by atoms with Gasteiger partial charge in [0, 0.05) is 25.9 Å². The van der Waals surface area contributed by atoms with Gasteiger partial charge in [0.05, 0.1) is 12.0 Å². The van der Waals surface area contributed by atoms with Gasteiger partial charge in [-0.1, -0.05) is 26.8 Å². The molecule has 0 atom stereocenters. The summed E-state index contributed by atoms with van der Waals surface area (Å²) in [6, 6.07) is 5.94. The number of piperidine rings is 1. The minimum absolute atomic E-state index is 0.0107. The summed E-state index contributed by atoms with van der Waals surface area (Å²) in [5.41, 5.74) is 0.791. The van der Waals surface area contributed by atoms with Crippen LogP contribution in [0.4, 0.5) is 4.79 Å². The van der Waals surface area contributed by atoms with Gasteiger partial charge >= 0.3 is 6.09 Å². The van der Waals surface area contributed by atoms with E-state index in [9.17, 15) is 9.59 Å². The van der Waals surface area contributed by atoms with Gasteiger partial charge in [-0.15, -0.1) is 0 Å². The number of ketones is 1. The number of fused-ring (bicyclic) bond motifs is 1. The van der Waals surface area contributed by atoms with Crippen molar-refractivity contribution in [3.05, 3.63) is 29.3 Å². The second-order valence-corrected chi connectivity index (χ2v) is 9.81. The molecule has 5 nitrogen and oxygen atoms in total. The molecule has 0 aromatic heterocycles. The summed E-state index contributed by atoms with van der Waals surface area (Å²) < 4.78 is 11.8. The third kappa shape index (κ3) is 4.28. The minimum Gasteiger partial charge on any atom is -0.486 e. The van der Waals surface area contributed by atoms with E-state index in [1.807, 2.05) is 39.0 Å². The van der Waals surface area contributed by atoms with Crippen molar-refractivity contribution < 1.29 is 19.1 Å². The van der Waals surface area contributed by atoms with Gasteiger partial charge in [0.25, 0.3) is 0 Å². The highest BCUT2D eigenvalue weighted by molar-refractivity contribution is 6.00. The zero-order valence-electron chi connectivity index (χ0n) is 17.3. The molecule has 1 spiro atoms. The maximum atomic E-state index is 12.9. The van der Waals surface area contributed by atoms with Crippen molar-refractivity contribution in [2.24, 2.45) is 0 Å². The molecule has 2 aliphatic heterocycles. The highest BCUT2D eigenvalue weighted by atomic mass is 16.6. The monoisotopic (exact) mass is 373 g/mol. The maximum Gasteiger partial charge on any atom is 0.410 e. The Morgan fingerprint density at radius 3 is 2.30 bits per heavy atom. The summed E-state index contributed by atoms with van der Waals surface area (Å²) in [6.07, 6.45) is 1.35. The minimum atomic E-state index is -0.508. The number of benzene rings is 1. The Morgan fingerprint density at radius 1 is 1.11 bits per heavy atom. The van der Waals surface area contributed by atoms with Crippen LogP contribution < -0.4 is 4.74 Å². The summed E-state index contributed by atoms with van der Waals surface area (Å²) >= 11 is 0. The molecule has 1 fully saturated rings. The van der Waals surface area contributed by atoms with Crippen molar-refractivity contribution in [1.82, 2.24) is 4.90 Å². The van der Waals surface area contributed by atoms with Crippen molar-refractivity contribution in [2.45, 2.75) is 77.4 Å². The first-order valence-electron chi connectivity index (χ1n) is 9.73. The van der Waals surface area contributed by atoms with Gasteiger partial charge in [0.15, 0.2) is 5.78 Å². The van der Waals surface area contributed by atoms with Crippen molar-refractivity contribution in [2.75, 3.05) is 13.1 Å². The summed E-state index contributed by atoms with van der Waals surface area (Å²) in [5, 5.41) is 0. The third-order valence-electron chi connectivity index (χ3n) is 5.28. The number of likely N-dealkylation sites (tertiary alicyclic amines) is 1. The van der Waals surface area contributed by atoms with E-state index >= 15 is 0 Å². The maximum absolute atomic E-state index is 12.9. The molecule has 1 aromatic carbocycles. The zero-order valence-corrected chi connectivity index (χ0v) is 17.3. The Morgan fingerprint density at radius 2 is 1.74 bits per heavy atom. The molecular weight excluding hydrogens is 342 g/mol. The van der Waals surface area contributed by atoms with Crippen LogP contribution in [0, 0.1) is 0 Å². The van der Waals surface area contributed by atoms with Crippen LogP contribution in [0.25, 0.3) is 0 Å². The zero-order chi connectivity index (χ0) is 20.0. The molecule has 0 N–H and O–H groups in total. The van der Waals surface area contributed by atoms with E-state index in [4.69, 9.17) is 9.47 Å². The topological polar surface area (TPSA) is 55.8 Å². The Bertz CT molecular complexity index is 747. The SMILES string of the molecule is CC(C)(C)OC(=O)N1CCC2(CC1)CC(=O)c1cc(C(C)(C)C)ccc1O2. The van der Waals surface area contributed by atoms with Gasteiger partial charge in [0.2, 0.25) is 0 Å². The molecule has 0 saturated carbocycles. The van der Waals surface area contributed by atoms with Crippen molar-refractivity contribution in [3.8, 4) is 5.75 Å². The number of rotatable bonds is 0. The van der Waals surface area contributed by atoms with Crippen LogP contribution >= 0.6 is 0 Å². The predicted octanol–water partition coefficient (Wildman–Crippen LogP) is 4.72. The fourth-order valence-corrected chi connectivity index (χ4v) is 3.66. The van der Waals surface area contributed by atoms with Crippen molar-refractivity contribution in [1.29, 1.82) is 0 Å². The molecule has 2 aliphatic rings. The number of amides is 1. The molecule has 3 rings (SSSR count). The van der Waals surface area contributed by atoms with E-state index in [0.717, 1.165) is 5.56 Å². The number of nitrogens with zero attached hydrogens (tertiary/aromatic N) is 1. The number of hydrogen-bond acceptors (Lipinski definition) is 4. The Balaban J connectivity index is 1.72. The van der Waals surface area contributed by atoms with Gasteiger partial charge in [-0.05, 0) is 43.9 Å². The molecule has 0 unspecified atom stereocenters. The van der Waals surface area contributed by atoms with E-state index in [0.29, 0.717) is 43.7 Å². The number of ether oxygens (including phenoxy) is 2. The third-order valence-corrected chi connectivity index (χ3v) is 5.28. The van der Waals surface area contributed by atoms with Crippen LogP contribution in [-0.4, -0.2) is 41.1 Å². The predicted molar refractivity (Wildman–Crippen MR) is 104 cm³/mol. The summed E-state index contributed by atoms with van der Waals surface area (Å²) in [6.45, 7) is 13.1. The lowest BCUT2D eigenvalue weighted by molar-refractivity contribution is -0.0226. The average molecular weight is 373 g/mol. The van der Waals surface area contributed by atoms with Crippen LogP contribution in [0.5, 0.6) is 5.75 Å². The summed E-state index contributed by atoms with van der Waals surface area (Å²) in [5.74, 6) is 0.804. The molecule has 148 valence electrons. The highest BCUT2D eigenvalue weighted by Crippen LogP contribution is 2.41. The molecule has 1 amide bonds. The van der Waals surface area contributed by atoms with Crippen molar-refractivity contribution in [3.63, 3.8) is 0 Å². The number of Topliss-reactive ketones (excluding diaryl/α,β-unsaturated/α-hetero) is 1. The first-order valence-corrected chi connectivity index (χ1v) is 9.73.